The summed E-state index contributed by atoms with van der Waals surface area (Å²) in [5, 5.41) is 2.88. The van der Waals surface area contributed by atoms with Gasteiger partial charge in [-0.05, 0) is 65.6 Å². The van der Waals surface area contributed by atoms with Gasteiger partial charge in [-0.15, -0.1) is 0 Å². The van der Waals surface area contributed by atoms with Gasteiger partial charge in [-0.3, -0.25) is 4.79 Å². The van der Waals surface area contributed by atoms with E-state index >= 15 is 0 Å². The van der Waals surface area contributed by atoms with Crippen LogP contribution in [0.15, 0.2) is 48.5 Å². The summed E-state index contributed by atoms with van der Waals surface area (Å²) in [4.78, 5) is 13.0. The molecule has 0 atom stereocenters. The molecule has 5 N–H and O–H groups in total. The van der Waals surface area contributed by atoms with Crippen LogP contribution in [0.4, 0.5) is 10.1 Å². The average molecular weight is 423 g/mol. The number of carbonyl (C=O) groups excluding carboxylic acids is 1. The van der Waals surface area contributed by atoms with Gasteiger partial charge in [0, 0.05) is 24.7 Å². The maximum Gasteiger partial charge on any atom is 0.253 e. The van der Waals surface area contributed by atoms with Crippen LogP contribution >= 0.6 is 0 Å². The molecular weight excluding hydrogens is 397 g/mol. The van der Waals surface area contributed by atoms with Crippen molar-refractivity contribution in [2.45, 2.75) is 20.0 Å². The van der Waals surface area contributed by atoms with Crippen molar-refractivity contribution in [3.05, 3.63) is 76.6 Å². The molecule has 3 aromatic rings. The largest absolute Gasteiger partial charge is 0.497 e. The Hall–Kier alpha value is -3.58. The molecule has 0 saturated carbocycles. The maximum absolute atomic E-state index is 13.6. The molecule has 162 valence electrons. The first kappa shape index (κ1) is 22.1. The van der Waals surface area contributed by atoms with Crippen LogP contribution in [-0.4, -0.2) is 20.1 Å². The summed E-state index contributed by atoms with van der Waals surface area (Å²) in [6.07, 6.45) is 0. The van der Waals surface area contributed by atoms with Crippen molar-refractivity contribution in [2.75, 3.05) is 20.0 Å². The first-order valence-electron chi connectivity index (χ1n) is 9.75. The summed E-state index contributed by atoms with van der Waals surface area (Å²) >= 11 is 0. The van der Waals surface area contributed by atoms with Gasteiger partial charge in [-0.25, -0.2) is 4.39 Å². The van der Waals surface area contributed by atoms with E-state index in [4.69, 9.17) is 20.9 Å². The van der Waals surface area contributed by atoms with E-state index in [1.807, 2.05) is 18.2 Å². The number of carbonyl (C=O) groups is 1. The molecule has 0 fully saturated rings. The normalized spacial score (nSPS) is 10.6. The predicted octanol–water partition coefficient (Wildman–Crippen LogP) is 3.79. The lowest BCUT2D eigenvalue weighted by atomic mass is 9.94. The van der Waals surface area contributed by atoms with E-state index in [0.717, 1.165) is 22.3 Å². The second-order valence-corrected chi connectivity index (χ2v) is 7.17. The summed E-state index contributed by atoms with van der Waals surface area (Å²) < 4.78 is 24.1. The third kappa shape index (κ3) is 4.95. The minimum atomic E-state index is -0.337. The lowest BCUT2D eigenvalue weighted by Gasteiger charge is -2.16. The number of aryl methyl sites for hydroxylation is 1. The summed E-state index contributed by atoms with van der Waals surface area (Å²) in [6, 6.07) is 13.4. The molecule has 6 nitrogen and oxygen atoms in total. The molecule has 0 spiro atoms. The summed E-state index contributed by atoms with van der Waals surface area (Å²) in [5.41, 5.74) is 16.5. The van der Waals surface area contributed by atoms with Crippen molar-refractivity contribution in [3.8, 4) is 22.6 Å². The van der Waals surface area contributed by atoms with Crippen LogP contribution in [-0.2, 0) is 13.1 Å². The van der Waals surface area contributed by atoms with Crippen molar-refractivity contribution in [1.82, 2.24) is 5.32 Å². The third-order valence-corrected chi connectivity index (χ3v) is 5.06. The topological polar surface area (TPSA) is 99.6 Å². The number of benzene rings is 3. The first-order chi connectivity index (χ1) is 14.9. The van der Waals surface area contributed by atoms with Gasteiger partial charge in [-0.2, -0.15) is 0 Å². The van der Waals surface area contributed by atoms with Gasteiger partial charge in [0.2, 0.25) is 0 Å². The Morgan fingerprint density at radius 2 is 1.65 bits per heavy atom. The molecule has 0 aliphatic carbocycles. The molecule has 3 rings (SSSR count). The van der Waals surface area contributed by atoms with Crippen LogP contribution in [0.2, 0.25) is 0 Å². The monoisotopic (exact) mass is 423 g/mol. The smallest absolute Gasteiger partial charge is 0.253 e. The highest BCUT2D eigenvalue weighted by molar-refractivity contribution is 6.03. The Morgan fingerprint density at radius 1 is 0.968 bits per heavy atom. The standard InChI is InChI=1S/C24H26FN3O3/c1-14-6-17(25)4-5-20(14)21-9-15(12-26)10-22(23(21)27)24(29)28-13-16-7-18(30-2)11-19(8-16)31-3/h4-11H,12-13,26-27H2,1-3H3,(H,28,29). The Labute approximate surface area is 181 Å². The zero-order valence-electron chi connectivity index (χ0n) is 17.8. The zero-order chi connectivity index (χ0) is 22.5. The lowest BCUT2D eigenvalue weighted by Crippen LogP contribution is -2.24. The van der Waals surface area contributed by atoms with E-state index in [9.17, 15) is 9.18 Å². The van der Waals surface area contributed by atoms with E-state index in [1.54, 1.807) is 39.3 Å². The SMILES string of the molecule is COc1cc(CNC(=O)c2cc(CN)cc(-c3ccc(F)cc3C)c2N)cc(OC)c1. The second kappa shape index (κ2) is 9.49. The highest BCUT2D eigenvalue weighted by Gasteiger charge is 2.17. The van der Waals surface area contributed by atoms with E-state index in [-0.39, 0.29) is 24.8 Å². The zero-order valence-corrected chi connectivity index (χ0v) is 17.8. The molecule has 0 heterocycles. The highest BCUT2D eigenvalue weighted by Crippen LogP contribution is 2.33. The highest BCUT2D eigenvalue weighted by atomic mass is 19.1. The minimum absolute atomic E-state index is 0.237. The molecule has 0 bridgehead atoms. The fraction of sp³-hybridized carbons (Fsp3) is 0.208. The predicted molar refractivity (Wildman–Crippen MR) is 120 cm³/mol. The van der Waals surface area contributed by atoms with Crippen LogP contribution < -0.4 is 26.3 Å². The van der Waals surface area contributed by atoms with Crippen LogP contribution in [0.25, 0.3) is 11.1 Å². The molecule has 0 aliphatic rings. The third-order valence-electron chi connectivity index (χ3n) is 5.06. The Bertz CT molecular complexity index is 1090. The quantitative estimate of drug-likeness (QED) is 0.502. The number of anilines is 1. The van der Waals surface area contributed by atoms with Crippen molar-refractivity contribution >= 4 is 11.6 Å². The van der Waals surface area contributed by atoms with E-state index < -0.39 is 0 Å². The summed E-state index contributed by atoms with van der Waals surface area (Å²) in [7, 11) is 3.13. The number of nitrogens with one attached hydrogen (secondary N) is 1. The van der Waals surface area contributed by atoms with E-state index in [1.165, 1.54) is 12.1 Å². The van der Waals surface area contributed by atoms with Crippen LogP contribution in [0.1, 0.15) is 27.0 Å². The molecule has 0 aliphatic heterocycles. The van der Waals surface area contributed by atoms with Crippen molar-refractivity contribution in [3.63, 3.8) is 0 Å². The Kier molecular flexibility index (Phi) is 6.77. The minimum Gasteiger partial charge on any atom is -0.497 e. The van der Waals surface area contributed by atoms with Gasteiger partial charge in [0.05, 0.1) is 25.5 Å². The molecule has 3 aromatic carbocycles. The van der Waals surface area contributed by atoms with Crippen molar-refractivity contribution in [1.29, 1.82) is 0 Å². The molecule has 1 amide bonds. The van der Waals surface area contributed by atoms with Crippen LogP contribution in [0, 0.1) is 12.7 Å². The molecule has 31 heavy (non-hydrogen) atoms. The van der Waals surface area contributed by atoms with Gasteiger partial charge in [0.15, 0.2) is 0 Å². The number of hydrogen-bond acceptors (Lipinski definition) is 5. The van der Waals surface area contributed by atoms with Crippen LogP contribution in [0.3, 0.4) is 0 Å². The number of ether oxygens (including phenoxy) is 2. The fourth-order valence-electron chi connectivity index (χ4n) is 3.42. The number of methoxy groups -OCH3 is 2. The van der Waals surface area contributed by atoms with Crippen molar-refractivity contribution < 1.29 is 18.7 Å². The van der Waals surface area contributed by atoms with Gasteiger partial charge in [-0.1, -0.05) is 6.07 Å². The molecule has 0 aromatic heterocycles. The van der Waals surface area contributed by atoms with E-state index in [2.05, 4.69) is 5.32 Å². The number of amides is 1. The molecule has 0 radical (unpaired) electrons. The lowest BCUT2D eigenvalue weighted by molar-refractivity contribution is 0.0951. The summed E-state index contributed by atoms with van der Waals surface area (Å²) in [6.45, 7) is 2.29. The van der Waals surface area contributed by atoms with Gasteiger partial charge in [0.25, 0.3) is 5.91 Å². The van der Waals surface area contributed by atoms with Gasteiger partial charge < -0.3 is 26.3 Å². The molecular formula is C24H26FN3O3. The average Bonchev–Trinajstić information content (AvgIpc) is 2.77. The number of nitrogens with two attached hydrogens (primary N) is 2. The number of hydrogen-bond donors (Lipinski definition) is 3. The Balaban J connectivity index is 1.92. The van der Waals surface area contributed by atoms with E-state index in [0.29, 0.717) is 28.3 Å². The second-order valence-electron chi connectivity index (χ2n) is 7.17. The number of nitrogen functional groups attached to an aromatic ring is 1. The maximum atomic E-state index is 13.6. The van der Waals surface area contributed by atoms with Crippen LogP contribution in [0.5, 0.6) is 11.5 Å². The van der Waals surface area contributed by atoms with Gasteiger partial charge in [0.1, 0.15) is 17.3 Å². The number of rotatable bonds is 7. The molecule has 7 heteroatoms. The van der Waals surface area contributed by atoms with Crippen molar-refractivity contribution in [2.24, 2.45) is 5.73 Å². The Morgan fingerprint density at radius 3 is 2.23 bits per heavy atom. The van der Waals surface area contributed by atoms with Gasteiger partial charge >= 0.3 is 0 Å². The first-order valence-corrected chi connectivity index (χ1v) is 9.75. The number of halogens is 1. The molecule has 0 unspecified atom stereocenters. The molecule has 0 saturated heterocycles. The fourth-order valence-corrected chi connectivity index (χ4v) is 3.42. The summed E-state index contributed by atoms with van der Waals surface area (Å²) in [5.74, 6) is 0.585.